The van der Waals surface area contributed by atoms with Gasteiger partial charge < -0.3 is 4.74 Å². The molecule has 6 heteroatoms. The largest absolute Gasteiger partial charge is 0.465 e. The summed E-state index contributed by atoms with van der Waals surface area (Å²) in [5.74, 6) is -0.190. The Labute approximate surface area is 91.2 Å². The Morgan fingerprint density at radius 1 is 1.71 bits per heavy atom. The minimum absolute atomic E-state index is 0.190. The zero-order chi connectivity index (χ0) is 10.6. The van der Waals surface area contributed by atoms with Gasteiger partial charge in [0.15, 0.2) is 0 Å². The van der Waals surface area contributed by atoms with Crippen LogP contribution in [-0.4, -0.2) is 27.4 Å². The molecule has 0 aliphatic carbocycles. The van der Waals surface area contributed by atoms with Gasteiger partial charge in [-0.15, -0.1) is 5.10 Å². The summed E-state index contributed by atoms with van der Waals surface area (Å²) in [6.45, 7) is 5.92. The maximum absolute atomic E-state index is 11.3. The number of aryl methyl sites for hydroxylation is 1. The summed E-state index contributed by atoms with van der Waals surface area (Å²) in [6.07, 6.45) is 0. The van der Waals surface area contributed by atoms with Crippen molar-refractivity contribution in [1.29, 1.82) is 0 Å². The molecule has 4 nitrogen and oxygen atoms in total. The van der Waals surface area contributed by atoms with Crippen molar-refractivity contribution in [3.8, 4) is 0 Å². The van der Waals surface area contributed by atoms with Crippen molar-refractivity contribution in [3.05, 3.63) is 5.69 Å². The number of rotatable bonds is 4. The highest BCUT2D eigenvalue weighted by Gasteiger charge is 2.17. The van der Waals surface area contributed by atoms with Gasteiger partial charge in [0.25, 0.3) is 0 Å². The lowest BCUT2D eigenvalue weighted by Crippen LogP contribution is -2.16. The van der Waals surface area contributed by atoms with Gasteiger partial charge in [-0.2, -0.15) is 0 Å². The lowest BCUT2D eigenvalue weighted by Gasteiger charge is -2.07. The number of ether oxygens (including phenoxy) is 1. The van der Waals surface area contributed by atoms with Crippen molar-refractivity contribution in [1.82, 2.24) is 9.59 Å². The summed E-state index contributed by atoms with van der Waals surface area (Å²) in [4.78, 5) is 11.3. The highest BCUT2D eigenvalue weighted by molar-refractivity contribution is 8.02. The second-order valence-electron chi connectivity index (χ2n) is 2.66. The van der Waals surface area contributed by atoms with Crippen molar-refractivity contribution in [2.75, 3.05) is 6.61 Å². The zero-order valence-electron chi connectivity index (χ0n) is 8.31. The Balaban J connectivity index is 2.52. The van der Waals surface area contributed by atoms with E-state index in [2.05, 4.69) is 9.59 Å². The molecule has 0 saturated carbocycles. The topological polar surface area (TPSA) is 52.1 Å². The van der Waals surface area contributed by atoms with Crippen molar-refractivity contribution in [2.24, 2.45) is 0 Å². The number of hydrogen-bond acceptors (Lipinski definition) is 6. The van der Waals surface area contributed by atoms with Crippen LogP contribution in [0.15, 0.2) is 4.21 Å². The fraction of sp³-hybridized carbons (Fsp3) is 0.625. The SMILES string of the molecule is CCOC(=O)[C@@H](C)Sc1snnc1C. The Morgan fingerprint density at radius 3 is 2.93 bits per heavy atom. The van der Waals surface area contributed by atoms with E-state index in [1.54, 1.807) is 6.92 Å². The maximum Gasteiger partial charge on any atom is 0.319 e. The van der Waals surface area contributed by atoms with Crippen LogP contribution in [-0.2, 0) is 9.53 Å². The molecule has 0 saturated heterocycles. The average Bonchev–Trinajstić information content (AvgIpc) is 2.52. The fourth-order valence-corrected chi connectivity index (χ4v) is 2.61. The van der Waals surface area contributed by atoms with E-state index in [0.717, 1.165) is 9.90 Å². The summed E-state index contributed by atoms with van der Waals surface area (Å²) in [7, 11) is 0. The highest BCUT2D eigenvalue weighted by Crippen LogP contribution is 2.28. The Hall–Kier alpha value is -0.620. The van der Waals surface area contributed by atoms with E-state index in [-0.39, 0.29) is 11.2 Å². The first kappa shape index (κ1) is 11.5. The zero-order valence-corrected chi connectivity index (χ0v) is 9.94. The Bertz CT molecular complexity index is 314. The fourth-order valence-electron chi connectivity index (χ4n) is 0.801. The number of esters is 1. The quantitative estimate of drug-likeness (QED) is 0.586. The third-order valence-electron chi connectivity index (χ3n) is 1.51. The predicted octanol–water partition coefficient (Wildman–Crippen LogP) is 1.89. The first-order chi connectivity index (χ1) is 6.65. The first-order valence-electron chi connectivity index (χ1n) is 4.27. The molecule has 1 aromatic rings. The smallest absolute Gasteiger partial charge is 0.319 e. The molecule has 0 amide bonds. The normalized spacial score (nSPS) is 12.5. The monoisotopic (exact) mass is 232 g/mol. The summed E-state index contributed by atoms with van der Waals surface area (Å²) >= 11 is 2.75. The predicted molar refractivity (Wildman–Crippen MR) is 56.6 cm³/mol. The van der Waals surface area contributed by atoms with Crippen molar-refractivity contribution in [2.45, 2.75) is 30.2 Å². The lowest BCUT2D eigenvalue weighted by atomic mass is 10.5. The van der Waals surface area contributed by atoms with Crippen LogP contribution in [0, 0.1) is 6.92 Å². The second-order valence-corrected chi connectivity index (χ2v) is 5.02. The highest BCUT2D eigenvalue weighted by atomic mass is 32.2. The molecule has 0 aromatic carbocycles. The maximum atomic E-state index is 11.3. The molecule has 1 aromatic heterocycles. The second kappa shape index (κ2) is 5.31. The van der Waals surface area contributed by atoms with Crippen LogP contribution in [0.1, 0.15) is 19.5 Å². The van der Waals surface area contributed by atoms with E-state index in [1.807, 2.05) is 13.8 Å². The van der Waals surface area contributed by atoms with Crippen LogP contribution in [0.3, 0.4) is 0 Å². The number of hydrogen-bond donors (Lipinski definition) is 0. The number of aromatic nitrogens is 2. The molecule has 1 rings (SSSR count). The molecule has 0 spiro atoms. The van der Waals surface area contributed by atoms with Crippen LogP contribution in [0.5, 0.6) is 0 Å². The average molecular weight is 232 g/mol. The van der Waals surface area contributed by atoms with E-state index in [9.17, 15) is 4.79 Å². The Morgan fingerprint density at radius 2 is 2.43 bits per heavy atom. The van der Waals surface area contributed by atoms with E-state index in [0.29, 0.717) is 6.61 Å². The van der Waals surface area contributed by atoms with Crippen molar-refractivity contribution >= 4 is 29.3 Å². The van der Waals surface area contributed by atoms with E-state index in [4.69, 9.17) is 4.74 Å². The molecule has 1 heterocycles. The summed E-state index contributed by atoms with van der Waals surface area (Å²) in [5.41, 5.74) is 0.871. The first-order valence-corrected chi connectivity index (χ1v) is 5.92. The van der Waals surface area contributed by atoms with Gasteiger partial charge in [-0.1, -0.05) is 16.3 Å². The van der Waals surface area contributed by atoms with E-state index >= 15 is 0 Å². The summed E-state index contributed by atoms with van der Waals surface area (Å²) in [6, 6.07) is 0. The van der Waals surface area contributed by atoms with Crippen LogP contribution in [0.4, 0.5) is 0 Å². The van der Waals surface area contributed by atoms with Gasteiger partial charge in [0.05, 0.1) is 12.3 Å². The number of nitrogens with zero attached hydrogens (tertiary/aromatic N) is 2. The number of thioether (sulfide) groups is 1. The number of carbonyl (C=O) groups excluding carboxylic acids is 1. The molecule has 0 unspecified atom stereocenters. The lowest BCUT2D eigenvalue weighted by molar-refractivity contribution is -0.142. The van der Waals surface area contributed by atoms with Crippen LogP contribution in [0.2, 0.25) is 0 Å². The molecule has 0 N–H and O–H groups in total. The molecule has 14 heavy (non-hydrogen) atoms. The third kappa shape index (κ3) is 2.95. The minimum atomic E-state index is -0.198. The van der Waals surface area contributed by atoms with E-state index < -0.39 is 0 Å². The van der Waals surface area contributed by atoms with Crippen LogP contribution < -0.4 is 0 Å². The molecule has 0 aliphatic heterocycles. The van der Waals surface area contributed by atoms with Gasteiger partial charge >= 0.3 is 5.97 Å². The van der Waals surface area contributed by atoms with Crippen molar-refractivity contribution < 1.29 is 9.53 Å². The van der Waals surface area contributed by atoms with Crippen LogP contribution in [0.25, 0.3) is 0 Å². The standard InChI is InChI=1S/C8H12N2O2S2/c1-4-12-7(11)6(3)13-8-5(2)9-10-14-8/h6H,4H2,1-3H3/t6-/m1/s1. The summed E-state index contributed by atoms with van der Waals surface area (Å²) < 4.78 is 9.67. The van der Waals surface area contributed by atoms with E-state index in [1.165, 1.54) is 23.3 Å². The van der Waals surface area contributed by atoms with Crippen molar-refractivity contribution in [3.63, 3.8) is 0 Å². The van der Waals surface area contributed by atoms with Gasteiger partial charge in [0, 0.05) is 0 Å². The van der Waals surface area contributed by atoms with Gasteiger partial charge in [-0.05, 0) is 32.3 Å². The minimum Gasteiger partial charge on any atom is -0.465 e. The summed E-state index contributed by atoms with van der Waals surface area (Å²) in [5, 5.41) is 3.67. The van der Waals surface area contributed by atoms with Gasteiger partial charge in [-0.25, -0.2) is 0 Å². The van der Waals surface area contributed by atoms with Gasteiger partial charge in [-0.3, -0.25) is 4.79 Å². The van der Waals surface area contributed by atoms with Crippen LogP contribution >= 0.6 is 23.3 Å². The molecule has 78 valence electrons. The molecule has 1 atom stereocenters. The Kier molecular flexibility index (Phi) is 4.34. The van der Waals surface area contributed by atoms with Gasteiger partial charge in [0.1, 0.15) is 9.46 Å². The molecule has 0 fully saturated rings. The van der Waals surface area contributed by atoms with Gasteiger partial charge in [0.2, 0.25) is 0 Å². The molecule has 0 bridgehead atoms. The molecule has 0 radical (unpaired) electrons. The molecular weight excluding hydrogens is 220 g/mol. The molecular formula is C8H12N2O2S2. The third-order valence-corrected chi connectivity index (χ3v) is 3.70. The molecule has 0 aliphatic rings. The number of carbonyl (C=O) groups is 1.